The third-order valence-corrected chi connectivity index (χ3v) is 7.45. The zero-order valence-electron chi connectivity index (χ0n) is 23.2. The number of unbranched alkanes of at least 4 members (excludes halogenated alkanes) is 1. The summed E-state index contributed by atoms with van der Waals surface area (Å²) in [6.07, 6.45) is 4.65. The van der Waals surface area contributed by atoms with Crippen LogP contribution in [-0.4, -0.2) is 60.5 Å². The van der Waals surface area contributed by atoms with E-state index in [0.29, 0.717) is 38.6 Å². The van der Waals surface area contributed by atoms with Crippen LogP contribution in [0, 0.1) is 0 Å². The van der Waals surface area contributed by atoms with Crippen LogP contribution in [0.3, 0.4) is 0 Å². The molecule has 40 heavy (non-hydrogen) atoms. The van der Waals surface area contributed by atoms with Crippen LogP contribution >= 0.6 is 0 Å². The van der Waals surface area contributed by atoms with Crippen molar-refractivity contribution < 1.29 is 23.9 Å². The van der Waals surface area contributed by atoms with Crippen molar-refractivity contribution in [2.45, 2.75) is 76.4 Å². The van der Waals surface area contributed by atoms with Gasteiger partial charge in [-0.15, -0.1) is 0 Å². The van der Waals surface area contributed by atoms with Crippen molar-refractivity contribution in [1.82, 2.24) is 20.9 Å². The summed E-state index contributed by atoms with van der Waals surface area (Å²) >= 11 is 0. The molecule has 1 aromatic heterocycles. The fraction of sp³-hybridized carbons (Fsp3) is 0.467. The monoisotopic (exact) mass is 549 g/mol. The van der Waals surface area contributed by atoms with Gasteiger partial charge in [0, 0.05) is 35.2 Å². The molecule has 1 unspecified atom stereocenters. The number of carbonyl (C=O) groups is 4. The summed E-state index contributed by atoms with van der Waals surface area (Å²) < 4.78 is 4.96. The molecule has 2 aromatic carbocycles. The van der Waals surface area contributed by atoms with E-state index in [2.05, 4.69) is 45.2 Å². The molecule has 4 bridgehead atoms. The Bertz CT molecular complexity index is 1380. The number of esters is 1. The lowest BCUT2D eigenvalue weighted by Crippen LogP contribution is -2.56. The van der Waals surface area contributed by atoms with Gasteiger partial charge in [-0.2, -0.15) is 0 Å². The van der Waals surface area contributed by atoms with Gasteiger partial charge < -0.3 is 31.4 Å². The molecular formula is C30H39N5O5. The maximum absolute atomic E-state index is 13.5. The average molecular weight is 550 g/mol. The summed E-state index contributed by atoms with van der Waals surface area (Å²) in [6.45, 7) is 1.81. The van der Waals surface area contributed by atoms with Crippen LogP contribution in [0.15, 0.2) is 36.4 Å². The van der Waals surface area contributed by atoms with Gasteiger partial charge in [-0.1, -0.05) is 18.6 Å². The fourth-order valence-corrected chi connectivity index (χ4v) is 5.34. The molecular weight excluding hydrogens is 510 g/mol. The molecule has 3 amide bonds. The van der Waals surface area contributed by atoms with Gasteiger partial charge >= 0.3 is 5.97 Å². The smallest absolute Gasteiger partial charge is 0.328 e. The van der Waals surface area contributed by atoms with Gasteiger partial charge in [0.2, 0.25) is 17.7 Å². The first-order chi connectivity index (χ1) is 19.3. The molecule has 3 aromatic rings. The topological polar surface area (TPSA) is 155 Å². The number of aromatic nitrogens is 1. The highest BCUT2D eigenvalue weighted by Gasteiger charge is 2.29. The molecule has 2 heterocycles. The highest BCUT2D eigenvalue weighted by Crippen LogP contribution is 2.28. The molecule has 0 saturated carbocycles. The van der Waals surface area contributed by atoms with E-state index < -0.39 is 35.9 Å². The summed E-state index contributed by atoms with van der Waals surface area (Å²) in [5, 5.41) is 10.5. The van der Waals surface area contributed by atoms with E-state index in [4.69, 9.17) is 10.5 Å². The molecule has 3 atom stereocenters. The second kappa shape index (κ2) is 13.4. The number of nitrogens with two attached hydrogens (primary N) is 1. The summed E-state index contributed by atoms with van der Waals surface area (Å²) in [4.78, 5) is 54.9. The molecule has 1 aliphatic heterocycles. The molecule has 0 radical (unpaired) electrons. The Morgan fingerprint density at radius 3 is 2.35 bits per heavy atom. The number of fused-ring (bicyclic) bond motifs is 2. The standard InChI is InChI=1S/C30H39N5O5/c1-18(36)32-27-17-20-11-13-24-22(16-20)21-15-19(10-12-23(21)33-24)7-3-4-9-26(30(39)40-2)35-28(37)25(34-29(27)38)8-5-6-14-31/h10-13,15-16,25-27,33H,3-9,14,17,31H2,1-2H3,(H,32,36)(H,34,38)(H,35,37)/t25-,26+,27?/m1/s1. The highest BCUT2D eigenvalue weighted by atomic mass is 16.5. The van der Waals surface area contributed by atoms with Gasteiger partial charge in [0.05, 0.1) is 7.11 Å². The molecule has 6 N–H and O–H groups in total. The number of nitrogens with one attached hydrogen (secondary N) is 4. The summed E-state index contributed by atoms with van der Waals surface area (Å²) in [5.74, 6) is -1.82. The van der Waals surface area contributed by atoms with Gasteiger partial charge in [0.1, 0.15) is 18.1 Å². The Balaban J connectivity index is 1.71. The van der Waals surface area contributed by atoms with Crippen LogP contribution in [0.4, 0.5) is 0 Å². The lowest BCUT2D eigenvalue weighted by Gasteiger charge is -2.25. The number of hydrogen-bond donors (Lipinski definition) is 5. The van der Waals surface area contributed by atoms with Gasteiger partial charge in [-0.25, -0.2) is 4.79 Å². The number of hydrogen-bond acceptors (Lipinski definition) is 6. The fourth-order valence-electron chi connectivity index (χ4n) is 5.34. The highest BCUT2D eigenvalue weighted by molar-refractivity contribution is 6.07. The van der Waals surface area contributed by atoms with Crippen molar-refractivity contribution in [2.24, 2.45) is 5.73 Å². The zero-order chi connectivity index (χ0) is 28.6. The Morgan fingerprint density at radius 1 is 0.975 bits per heavy atom. The van der Waals surface area contributed by atoms with E-state index in [1.165, 1.54) is 19.6 Å². The maximum atomic E-state index is 13.5. The molecule has 10 nitrogen and oxygen atoms in total. The molecule has 4 rings (SSSR count). The number of methoxy groups -OCH3 is 1. The van der Waals surface area contributed by atoms with Crippen molar-refractivity contribution in [1.29, 1.82) is 0 Å². The first-order valence-corrected chi connectivity index (χ1v) is 14.0. The molecule has 0 saturated heterocycles. The maximum Gasteiger partial charge on any atom is 0.328 e. The quantitative estimate of drug-likeness (QED) is 0.235. The van der Waals surface area contributed by atoms with Crippen LogP contribution in [-0.2, 0) is 36.8 Å². The van der Waals surface area contributed by atoms with Crippen LogP contribution < -0.4 is 21.7 Å². The minimum Gasteiger partial charge on any atom is -0.467 e. The third kappa shape index (κ3) is 7.18. The summed E-state index contributed by atoms with van der Waals surface area (Å²) in [7, 11) is 1.29. The number of benzene rings is 2. The minimum absolute atomic E-state index is 0.246. The third-order valence-electron chi connectivity index (χ3n) is 7.45. The second-order valence-corrected chi connectivity index (χ2v) is 10.5. The number of rotatable bonds is 6. The lowest BCUT2D eigenvalue weighted by atomic mass is 9.99. The number of ether oxygens (including phenoxy) is 1. The van der Waals surface area contributed by atoms with E-state index in [1.807, 2.05) is 12.1 Å². The van der Waals surface area contributed by atoms with Gasteiger partial charge in [-0.05, 0) is 80.5 Å². The largest absolute Gasteiger partial charge is 0.467 e. The van der Waals surface area contributed by atoms with Crippen molar-refractivity contribution in [2.75, 3.05) is 13.7 Å². The van der Waals surface area contributed by atoms with Crippen molar-refractivity contribution >= 4 is 45.5 Å². The lowest BCUT2D eigenvalue weighted by molar-refractivity contribution is -0.145. The average Bonchev–Trinajstić information content (AvgIpc) is 3.29. The molecule has 10 heteroatoms. The van der Waals surface area contributed by atoms with E-state index in [-0.39, 0.29) is 12.3 Å². The van der Waals surface area contributed by atoms with Gasteiger partial charge in [-0.3, -0.25) is 14.4 Å². The Kier molecular flexibility index (Phi) is 9.76. The van der Waals surface area contributed by atoms with Crippen LogP contribution in [0.25, 0.3) is 21.8 Å². The second-order valence-electron chi connectivity index (χ2n) is 10.5. The predicted molar refractivity (Wildman–Crippen MR) is 153 cm³/mol. The minimum atomic E-state index is -0.895. The van der Waals surface area contributed by atoms with Crippen LogP contribution in [0.5, 0.6) is 0 Å². The van der Waals surface area contributed by atoms with E-state index in [0.717, 1.165) is 40.2 Å². The molecule has 0 spiro atoms. The Labute approximate surface area is 233 Å². The summed E-state index contributed by atoms with van der Waals surface area (Å²) in [5.41, 5.74) is 9.72. The van der Waals surface area contributed by atoms with E-state index >= 15 is 0 Å². The number of carbonyl (C=O) groups excluding carboxylic acids is 4. The van der Waals surface area contributed by atoms with Gasteiger partial charge in [0.25, 0.3) is 0 Å². The first-order valence-electron chi connectivity index (χ1n) is 14.0. The molecule has 0 aliphatic carbocycles. The van der Waals surface area contributed by atoms with Crippen molar-refractivity contribution in [3.63, 3.8) is 0 Å². The Morgan fingerprint density at radius 2 is 1.68 bits per heavy atom. The van der Waals surface area contributed by atoms with Gasteiger partial charge in [0.15, 0.2) is 0 Å². The zero-order valence-corrected chi connectivity index (χ0v) is 23.2. The first kappa shape index (κ1) is 29.1. The number of H-pyrrole nitrogens is 1. The number of aromatic amines is 1. The van der Waals surface area contributed by atoms with Crippen molar-refractivity contribution in [3.8, 4) is 0 Å². The van der Waals surface area contributed by atoms with Crippen LogP contribution in [0.1, 0.15) is 56.6 Å². The molecule has 1 aliphatic rings. The number of aryl methyl sites for hydroxylation is 1. The van der Waals surface area contributed by atoms with Crippen LogP contribution in [0.2, 0.25) is 0 Å². The Hall–Kier alpha value is -3.92. The van der Waals surface area contributed by atoms with Crippen molar-refractivity contribution in [3.05, 3.63) is 47.5 Å². The van der Waals surface area contributed by atoms with E-state index in [1.54, 1.807) is 0 Å². The normalized spacial score (nSPS) is 20.7. The SMILES string of the molecule is COC(=O)[C@@H]1CCCCc2ccc3[nH]c4ccc(cc4c3c2)CC(NC(C)=O)C(=O)N[C@H](CCCCN)C(=O)N1. The molecule has 214 valence electrons. The van der Waals surface area contributed by atoms with E-state index in [9.17, 15) is 19.2 Å². The predicted octanol–water partition coefficient (Wildman–Crippen LogP) is 2.37. The number of amides is 3. The molecule has 0 fully saturated rings. The summed E-state index contributed by atoms with van der Waals surface area (Å²) in [6, 6.07) is 9.69.